The largest absolute Gasteiger partial charge is 0.369 e. The summed E-state index contributed by atoms with van der Waals surface area (Å²) >= 11 is 0. The lowest BCUT2D eigenvalue weighted by atomic mass is 10.1. The van der Waals surface area contributed by atoms with Gasteiger partial charge in [0.2, 0.25) is 0 Å². The number of imidazole rings is 1. The first-order valence-electron chi connectivity index (χ1n) is 5.97. The van der Waals surface area contributed by atoms with Gasteiger partial charge < -0.3 is 9.88 Å². The lowest BCUT2D eigenvalue weighted by Crippen LogP contribution is -2.19. The Morgan fingerprint density at radius 1 is 1.41 bits per heavy atom. The van der Waals surface area contributed by atoms with E-state index < -0.39 is 0 Å². The van der Waals surface area contributed by atoms with Crippen LogP contribution >= 0.6 is 0 Å². The Morgan fingerprint density at radius 3 is 3.12 bits per heavy atom. The predicted octanol–water partition coefficient (Wildman–Crippen LogP) is 1.76. The quantitative estimate of drug-likeness (QED) is 0.808. The molecule has 2 aliphatic rings. The van der Waals surface area contributed by atoms with Crippen molar-refractivity contribution in [1.82, 2.24) is 14.5 Å². The summed E-state index contributed by atoms with van der Waals surface area (Å²) in [7, 11) is 0. The van der Waals surface area contributed by atoms with Gasteiger partial charge in [-0.15, -0.1) is 0 Å². The van der Waals surface area contributed by atoms with Crippen LogP contribution in [-0.4, -0.2) is 26.9 Å². The average molecular weight is 228 g/mol. The number of hydrogen-bond donors (Lipinski definition) is 1. The Balaban J connectivity index is 1.97. The molecule has 3 heterocycles. The van der Waals surface area contributed by atoms with Crippen molar-refractivity contribution < 1.29 is 4.79 Å². The monoisotopic (exact) mass is 228 g/mol. The molecule has 2 aromatic rings. The zero-order valence-corrected chi connectivity index (χ0v) is 9.31. The van der Waals surface area contributed by atoms with E-state index in [1.807, 2.05) is 12.4 Å². The molecular formula is C12H12N4O. The highest BCUT2D eigenvalue weighted by Gasteiger charge is 2.27. The minimum absolute atomic E-state index is 0.161. The van der Waals surface area contributed by atoms with Crippen molar-refractivity contribution in [2.24, 2.45) is 0 Å². The minimum Gasteiger partial charge on any atom is -0.369 e. The first kappa shape index (κ1) is 9.15. The second kappa shape index (κ2) is 3.06. The van der Waals surface area contributed by atoms with Crippen LogP contribution in [-0.2, 0) is 0 Å². The van der Waals surface area contributed by atoms with Crippen molar-refractivity contribution in [2.45, 2.75) is 25.3 Å². The molecule has 1 saturated carbocycles. The number of rotatable bonds is 1. The molecule has 0 bridgehead atoms. The highest BCUT2D eigenvalue weighted by Crippen LogP contribution is 2.37. The fourth-order valence-corrected chi connectivity index (χ4v) is 2.35. The molecule has 86 valence electrons. The van der Waals surface area contributed by atoms with Gasteiger partial charge in [-0.1, -0.05) is 0 Å². The van der Waals surface area contributed by atoms with E-state index in [-0.39, 0.29) is 5.78 Å². The second-order valence-corrected chi connectivity index (χ2v) is 4.71. The summed E-state index contributed by atoms with van der Waals surface area (Å²) in [4.78, 5) is 20.7. The number of hydrogen-bond acceptors (Lipinski definition) is 4. The van der Waals surface area contributed by atoms with Gasteiger partial charge in [0.1, 0.15) is 11.3 Å². The van der Waals surface area contributed by atoms with Crippen LogP contribution < -0.4 is 5.32 Å². The normalized spacial score (nSPS) is 19.2. The standard InChI is InChI=1S/C12H12N4O/c17-10-3-4-13-11-8(10)5-9-12(15-11)16(6-14-9)7-1-2-7/h5-7H,1-4H2,(H,13,15). The third-order valence-corrected chi connectivity index (χ3v) is 3.43. The maximum absolute atomic E-state index is 11.8. The molecule has 0 atom stereocenters. The molecule has 2 aromatic heterocycles. The number of fused-ring (bicyclic) bond motifs is 2. The fourth-order valence-electron chi connectivity index (χ4n) is 2.35. The Labute approximate surface area is 97.9 Å². The molecule has 1 N–H and O–H groups in total. The number of aromatic nitrogens is 3. The molecule has 0 aromatic carbocycles. The number of nitrogens with one attached hydrogen (secondary N) is 1. The Kier molecular flexibility index (Phi) is 1.65. The lowest BCUT2D eigenvalue weighted by molar-refractivity contribution is 0.0983. The van der Waals surface area contributed by atoms with E-state index in [2.05, 4.69) is 19.9 Å². The third-order valence-electron chi connectivity index (χ3n) is 3.43. The molecule has 5 heteroatoms. The first-order valence-corrected chi connectivity index (χ1v) is 5.97. The molecule has 0 amide bonds. The SMILES string of the molecule is O=C1CCNc2nc3c(cc21)ncn3C1CC1. The highest BCUT2D eigenvalue weighted by molar-refractivity contribution is 6.04. The van der Waals surface area contributed by atoms with Gasteiger partial charge in [-0.2, -0.15) is 0 Å². The Morgan fingerprint density at radius 2 is 2.29 bits per heavy atom. The van der Waals surface area contributed by atoms with E-state index in [1.54, 1.807) is 0 Å². The van der Waals surface area contributed by atoms with Crippen LogP contribution in [0.15, 0.2) is 12.4 Å². The van der Waals surface area contributed by atoms with Crippen LogP contribution in [0.25, 0.3) is 11.2 Å². The van der Waals surface area contributed by atoms with Crippen molar-refractivity contribution in [2.75, 3.05) is 11.9 Å². The van der Waals surface area contributed by atoms with Gasteiger partial charge in [-0.05, 0) is 18.9 Å². The van der Waals surface area contributed by atoms with Crippen molar-refractivity contribution >= 4 is 22.8 Å². The van der Waals surface area contributed by atoms with E-state index in [0.29, 0.717) is 24.6 Å². The van der Waals surface area contributed by atoms with Crippen LogP contribution in [0.4, 0.5) is 5.82 Å². The van der Waals surface area contributed by atoms with Gasteiger partial charge >= 0.3 is 0 Å². The number of nitrogens with zero attached hydrogens (tertiary/aromatic N) is 3. The Bertz CT molecular complexity index is 627. The van der Waals surface area contributed by atoms with Crippen LogP contribution in [0, 0.1) is 0 Å². The van der Waals surface area contributed by atoms with E-state index in [0.717, 1.165) is 17.0 Å². The molecule has 0 saturated heterocycles. The maximum atomic E-state index is 11.8. The van der Waals surface area contributed by atoms with Crippen molar-refractivity contribution in [3.63, 3.8) is 0 Å². The summed E-state index contributed by atoms with van der Waals surface area (Å²) in [5.41, 5.74) is 2.41. The van der Waals surface area contributed by atoms with Crippen molar-refractivity contribution in [3.05, 3.63) is 18.0 Å². The summed E-state index contributed by atoms with van der Waals surface area (Å²) < 4.78 is 2.12. The van der Waals surface area contributed by atoms with Gasteiger partial charge in [-0.3, -0.25) is 4.79 Å². The van der Waals surface area contributed by atoms with Gasteiger partial charge in [-0.25, -0.2) is 9.97 Å². The van der Waals surface area contributed by atoms with Gasteiger partial charge in [0.25, 0.3) is 0 Å². The number of carbonyl (C=O) groups is 1. The predicted molar refractivity (Wildman–Crippen MR) is 63.2 cm³/mol. The maximum Gasteiger partial charge on any atom is 0.168 e. The Hall–Kier alpha value is -1.91. The topological polar surface area (TPSA) is 59.8 Å². The molecule has 5 nitrogen and oxygen atoms in total. The van der Waals surface area contributed by atoms with Crippen molar-refractivity contribution in [3.8, 4) is 0 Å². The van der Waals surface area contributed by atoms with E-state index >= 15 is 0 Å². The summed E-state index contributed by atoms with van der Waals surface area (Å²) in [6.07, 6.45) is 4.79. The third kappa shape index (κ3) is 1.28. The number of pyridine rings is 1. The summed E-state index contributed by atoms with van der Waals surface area (Å²) in [5, 5.41) is 3.19. The fraction of sp³-hybridized carbons (Fsp3) is 0.417. The number of anilines is 1. The minimum atomic E-state index is 0.161. The summed E-state index contributed by atoms with van der Waals surface area (Å²) in [5.74, 6) is 0.880. The molecule has 17 heavy (non-hydrogen) atoms. The van der Waals surface area contributed by atoms with Gasteiger partial charge in [0.05, 0.1) is 11.9 Å². The zero-order chi connectivity index (χ0) is 11.4. The molecule has 0 spiro atoms. The van der Waals surface area contributed by atoms with Crippen LogP contribution in [0.5, 0.6) is 0 Å². The van der Waals surface area contributed by atoms with E-state index in [4.69, 9.17) is 0 Å². The average Bonchev–Trinajstić information content (AvgIpc) is 3.09. The molecular weight excluding hydrogens is 216 g/mol. The number of Topliss-reactive ketones (excluding diaryl/α,β-unsaturated/α-hetero) is 1. The molecule has 4 rings (SSSR count). The van der Waals surface area contributed by atoms with Gasteiger partial charge in [0.15, 0.2) is 11.4 Å². The number of carbonyl (C=O) groups excluding carboxylic acids is 1. The second-order valence-electron chi connectivity index (χ2n) is 4.71. The van der Waals surface area contributed by atoms with Crippen LogP contribution in [0.2, 0.25) is 0 Å². The molecule has 0 radical (unpaired) electrons. The number of ketones is 1. The van der Waals surface area contributed by atoms with Gasteiger partial charge in [0, 0.05) is 19.0 Å². The van der Waals surface area contributed by atoms with Crippen LogP contribution in [0.3, 0.4) is 0 Å². The van der Waals surface area contributed by atoms with Crippen molar-refractivity contribution in [1.29, 1.82) is 0 Å². The van der Waals surface area contributed by atoms with E-state index in [1.165, 1.54) is 12.8 Å². The molecule has 1 aliphatic heterocycles. The summed E-state index contributed by atoms with van der Waals surface area (Å²) in [6.45, 7) is 0.682. The molecule has 0 unspecified atom stereocenters. The zero-order valence-electron chi connectivity index (χ0n) is 9.31. The van der Waals surface area contributed by atoms with E-state index in [9.17, 15) is 4.79 Å². The molecule has 1 aliphatic carbocycles. The smallest absolute Gasteiger partial charge is 0.168 e. The summed E-state index contributed by atoms with van der Waals surface area (Å²) in [6, 6.07) is 2.43. The molecule has 1 fully saturated rings. The highest BCUT2D eigenvalue weighted by atomic mass is 16.1. The van der Waals surface area contributed by atoms with Crippen LogP contribution in [0.1, 0.15) is 35.7 Å². The first-order chi connectivity index (χ1) is 8.33. The lowest BCUT2D eigenvalue weighted by Gasteiger charge is -2.15.